The Balaban J connectivity index is 2.16. The number of esters is 1. The van der Waals surface area contributed by atoms with Crippen LogP contribution in [0.5, 0.6) is 0 Å². The molecule has 1 aromatic rings. The monoisotopic (exact) mass is 329 g/mol. The zero-order valence-corrected chi connectivity index (χ0v) is 12.9. The fourth-order valence-electron chi connectivity index (χ4n) is 2.77. The first-order valence-electron chi connectivity index (χ1n) is 6.67. The molecular formula is C13H20BrN3O2. The van der Waals surface area contributed by atoms with Crippen LogP contribution in [0, 0.1) is 0 Å². The molecular weight excluding hydrogens is 310 g/mol. The number of nitrogens with one attached hydrogen (secondary N) is 1. The second kappa shape index (κ2) is 6.05. The summed E-state index contributed by atoms with van der Waals surface area (Å²) in [6.45, 7) is 2.26. The number of carbonyl (C=O) groups is 1. The van der Waals surface area contributed by atoms with E-state index in [4.69, 9.17) is 4.74 Å². The Morgan fingerprint density at radius 3 is 3.11 bits per heavy atom. The third-order valence-electron chi connectivity index (χ3n) is 3.81. The first-order chi connectivity index (χ1) is 9.11. The maximum absolute atomic E-state index is 12.2. The van der Waals surface area contributed by atoms with Gasteiger partial charge in [0.15, 0.2) is 0 Å². The quantitative estimate of drug-likeness (QED) is 0.861. The van der Waals surface area contributed by atoms with E-state index in [1.54, 1.807) is 6.20 Å². The second-order valence-corrected chi connectivity index (χ2v) is 5.86. The van der Waals surface area contributed by atoms with Gasteiger partial charge in [-0.05, 0) is 55.6 Å². The fraction of sp³-hybridized carbons (Fsp3) is 0.692. The van der Waals surface area contributed by atoms with Gasteiger partial charge in [0.1, 0.15) is 5.54 Å². The average Bonchev–Trinajstić information content (AvgIpc) is 2.86. The molecule has 19 heavy (non-hydrogen) atoms. The van der Waals surface area contributed by atoms with Gasteiger partial charge in [-0.25, -0.2) is 0 Å². The van der Waals surface area contributed by atoms with Crippen LogP contribution in [0.2, 0.25) is 0 Å². The molecule has 5 nitrogen and oxygen atoms in total. The van der Waals surface area contributed by atoms with Crippen molar-refractivity contribution < 1.29 is 9.53 Å². The molecule has 106 valence electrons. The predicted molar refractivity (Wildman–Crippen MR) is 75.9 cm³/mol. The Bertz CT molecular complexity index is 449. The van der Waals surface area contributed by atoms with Gasteiger partial charge in [-0.3, -0.25) is 9.48 Å². The predicted octanol–water partition coefficient (Wildman–Crippen LogP) is 2.28. The molecule has 1 aliphatic rings. The lowest BCUT2D eigenvalue weighted by Crippen LogP contribution is -2.54. The fourth-order valence-corrected chi connectivity index (χ4v) is 3.07. The van der Waals surface area contributed by atoms with Crippen LogP contribution in [-0.4, -0.2) is 34.9 Å². The van der Waals surface area contributed by atoms with E-state index in [1.807, 2.05) is 24.9 Å². The molecule has 0 aliphatic heterocycles. The summed E-state index contributed by atoms with van der Waals surface area (Å²) in [5.41, 5.74) is -0.572. The standard InChI is InChI=1S/C13H20BrN3O2/c1-3-19-12(18)13(15-2)6-4-5-11(7-13)17-9-10(14)8-16-17/h8-9,11,15H,3-7H2,1-2H3. The number of hydrogen-bond donors (Lipinski definition) is 1. The van der Waals surface area contributed by atoms with Gasteiger partial charge in [0, 0.05) is 6.20 Å². The van der Waals surface area contributed by atoms with Crippen molar-refractivity contribution in [1.82, 2.24) is 15.1 Å². The molecule has 0 aromatic carbocycles. The molecule has 0 radical (unpaired) electrons. The number of rotatable bonds is 4. The summed E-state index contributed by atoms with van der Waals surface area (Å²) in [5.74, 6) is -0.145. The maximum Gasteiger partial charge on any atom is 0.326 e. The Morgan fingerprint density at radius 1 is 1.74 bits per heavy atom. The minimum Gasteiger partial charge on any atom is -0.465 e. The first-order valence-corrected chi connectivity index (χ1v) is 7.46. The summed E-state index contributed by atoms with van der Waals surface area (Å²) in [7, 11) is 1.83. The molecule has 0 spiro atoms. The van der Waals surface area contributed by atoms with E-state index in [2.05, 4.69) is 26.3 Å². The molecule has 1 fully saturated rings. The third-order valence-corrected chi connectivity index (χ3v) is 4.22. The van der Waals surface area contributed by atoms with Gasteiger partial charge in [-0.15, -0.1) is 0 Å². The molecule has 1 N–H and O–H groups in total. The number of aromatic nitrogens is 2. The molecule has 1 heterocycles. The Labute approximate surface area is 121 Å². The highest BCUT2D eigenvalue weighted by Crippen LogP contribution is 2.36. The van der Waals surface area contributed by atoms with Crippen molar-refractivity contribution in [3.8, 4) is 0 Å². The van der Waals surface area contributed by atoms with Gasteiger partial charge < -0.3 is 10.1 Å². The van der Waals surface area contributed by atoms with E-state index >= 15 is 0 Å². The third kappa shape index (κ3) is 3.00. The van der Waals surface area contributed by atoms with E-state index in [0.29, 0.717) is 6.61 Å². The van der Waals surface area contributed by atoms with E-state index in [-0.39, 0.29) is 12.0 Å². The number of ether oxygens (including phenoxy) is 1. The Hall–Kier alpha value is -0.880. The Morgan fingerprint density at radius 2 is 2.53 bits per heavy atom. The molecule has 2 rings (SSSR count). The number of hydrogen-bond acceptors (Lipinski definition) is 4. The van der Waals surface area contributed by atoms with E-state index < -0.39 is 5.54 Å². The second-order valence-electron chi connectivity index (χ2n) is 4.94. The molecule has 1 saturated carbocycles. The SMILES string of the molecule is CCOC(=O)C1(NC)CCCC(n2cc(Br)cn2)C1. The number of nitrogens with zero attached hydrogens (tertiary/aromatic N) is 2. The lowest BCUT2D eigenvalue weighted by molar-refractivity contribution is -0.153. The van der Waals surface area contributed by atoms with Crippen LogP contribution < -0.4 is 5.32 Å². The summed E-state index contributed by atoms with van der Waals surface area (Å²) in [6, 6.07) is 0.233. The average molecular weight is 330 g/mol. The van der Waals surface area contributed by atoms with Crippen molar-refractivity contribution in [1.29, 1.82) is 0 Å². The largest absolute Gasteiger partial charge is 0.465 e. The highest BCUT2D eigenvalue weighted by Gasteiger charge is 2.43. The van der Waals surface area contributed by atoms with E-state index in [1.165, 1.54) is 0 Å². The van der Waals surface area contributed by atoms with Gasteiger partial charge in [-0.1, -0.05) is 0 Å². The molecule has 2 atom stereocenters. The van der Waals surface area contributed by atoms with Crippen LogP contribution >= 0.6 is 15.9 Å². The minimum atomic E-state index is -0.572. The number of carbonyl (C=O) groups excluding carboxylic acids is 1. The van der Waals surface area contributed by atoms with Crippen molar-refractivity contribution >= 4 is 21.9 Å². The molecule has 2 unspecified atom stereocenters. The lowest BCUT2D eigenvalue weighted by Gasteiger charge is -2.38. The van der Waals surface area contributed by atoms with Crippen molar-refractivity contribution in [3.05, 3.63) is 16.9 Å². The van der Waals surface area contributed by atoms with Crippen LogP contribution in [0.15, 0.2) is 16.9 Å². The smallest absolute Gasteiger partial charge is 0.326 e. The molecule has 1 aliphatic carbocycles. The van der Waals surface area contributed by atoms with Crippen molar-refractivity contribution in [3.63, 3.8) is 0 Å². The van der Waals surface area contributed by atoms with Crippen LogP contribution in [0.3, 0.4) is 0 Å². The normalized spacial score (nSPS) is 27.2. The summed E-state index contributed by atoms with van der Waals surface area (Å²) < 4.78 is 8.13. The topological polar surface area (TPSA) is 56.1 Å². The minimum absolute atomic E-state index is 0.145. The van der Waals surface area contributed by atoms with Crippen molar-refractivity contribution in [2.75, 3.05) is 13.7 Å². The van der Waals surface area contributed by atoms with Crippen molar-refractivity contribution in [2.45, 2.75) is 44.2 Å². The van der Waals surface area contributed by atoms with E-state index in [9.17, 15) is 4.79 Å². The van der Waals surface area contributed by atoms with Crippen LogP contribution in [0.4, 0.5) is 0 Å². The molecule has 0 bridgehead atoms. The zero-order valence-electron chi connectivity index (χ0n) is 11.4. The zero-order chi connectivity index (χ0) is 13.9. The first kappa shape index (κ1) is 14.5. The molecule has 1 aromatic heterocycles. The maximum atomic E-state index is 12.2. The van der Waals surface area contributed by atoms with Gasteiger partial charge in [0.05, 0.1) is 23.3 Å². The summed E-state index contributed by atoms with van der Waals surface area (Å²) >= 11 is 3.41. The highest BCUT2D eigenvalue weighted by molar-refractivity contribution is 9.10. The van der Waals surface area contributed by atoms with Gasteiger partial charge in [0.25, 0.3) is 0 Å². The van der Waals surface area contributed by atoms with Gasteiger partial charge in [0.2, 0.25) is 0 Å². The van der Waals surface area contributed by atoms with Crippen LogP contribution in [0.1, 0.15) is 38.6 Å². The van der Waals surface area contributed by atoms with E-state index in [0.717, 1.165) is 30.2 Å². The number of likely N-dealkylation sites (N-methyl/N-ethyl adjacent to an activating group) is 1. The van der Waals surface area contributed by atoms with Crippen molar-refractivity contribution in [2.24, 2.45) is 0 Å². The molecule has 0 saturated heterocycles. The summed E-state index contributed by atoms with van der Waals surface area (Å²) in [5, 5.41) is 7.52. The molecule has 6 heteroatoms. The lowest BCUT2D eigenvalue weighted by atomic mass is 9.79. The Kier molecular flexibility index (Phi) is 4.62. The molecule has 0 amide bonds. The highest BCUT2D eigenvalue weighted by atomic mass is 79.9. The summed E-state index contributed by atoms with van der Waals surface area (Å²) in [6.07, 6.45) is 7.30. The summed E-state index contributed by atoms with van der Waals surface area (Å²) in [4.78, 5) is 12.2. The van der Waals surface area contributed by atoms with Crippen LogP contribution in [-0.2, 0) is 9.53 Å². The number of halogens is 1. The van der Waals surface area contributed by atoms with Gasteiger partial charge in [-0.2, -0.15) is 5.10 Å². The van der Waals surface area contributed by atoms with Crippen LogP contribution in [0.25, 0.3) is 0 Å². The van der Waals surface area contributed by atoms with Gasteiger partial charge >= 0.3 is 5.97 Å².